The predicted molar refractivity (Wildman–Crippen MR) is 112 cm³/mol. The number of pyridine rings is 1. The van der Waals surface area contributed by atoms with Gasteiger partial charge >= 0.3 is 6.15 Å². The number of carbonyl (C=O) groups is 1. The van der Waals surface area contributed by atoms with E-state index in [4.69, 9.17) is 32.8 Å². The number of rotatable bonds is 5. The van der Waals surface area contributed by atoms with Gasteiger partial charge in [-0.05, 0) is 49.1 Å². The van der Waals surface area contributed by atoms with Gasteiger partial charge in [0.1, 0.15) is 0 Å². The average Bonchev–Trinajstić information content (AvgIpc) is 2.71. The van der Waals surface area contributed by atoms with Crippen molar-refractivity contribution < 1.29 is 14.4 Å². The first-order valence-corrected chi connectivity index (χ1v) is 10.4. The van der Waals surface area contributed by atoms with Crippen LogP contribution in [0.15, 0.2) is 42.6 Å². The number of nitrogens with zero attached hydrogens (tertiary/aromatic N) is 2. The van der Waals surface area contributed by atoms with Crippen LogP contribution in [0.4, 0.5) is 0 Å². The third-order valence-electron chi connectivity index (χ3n) is 5.30. The summed E-state index contributed by atoms with van der Waals surface area (Å²) in [5.41, 5.74) is 2.04. The first kappa shape index (κ1) is 23.1. The molecular formula is C22H24Cl2N2O3. The van der Waals surface area contributed by atoms with Gasteiger partial charge in [0.05, 0.1) is 16.8 Å². The molecule has 1 aromatic carbocycles. The van der Waals surface area contributed by atoms with Crippen molar-refractivity contribution in [1.29, 1.82) is 0 Å². The fraction of sp³-hybridized carbons (Fsp3) is 0.409. The van der Waals surface area contributed by atoms with Crippen molar-refractivity contribution in [3.63, 3.8) is 0 Å². The van der Waals surface area contributed by atoms with E-state index in [1.807, 2.05) is 30.3 Å². The van der Waals surface area contributed by atoms with E-state index in [9.17, 15) is 4.79 Å². The molecule has 1 aliphatic heterocycles. The van der Waals surface area contributed by atoms with Crippen LogP contribution in [0.2, 0.25) is 10.0 Å². The Kier molecular flexibility index (Phi) is 8.84. The molecule has 1 aliphatic rings. The molecule has 1 aromatic heterocycles. The minimum atomic E-state index is -0.100. The van der Waals surface area contributed by atoms with Crippen molar-refractivity contribution in [3.05, 3.63) is 63.9 Å². The largest absolute Gasteiger partial charge is 0.373 e. The molecule has 0 aliphatic carbocycles. The van der Waals surface area contributed by atoms with Crippen molar-refractivity contribution in [3.8, 4) is 0 Å². The lowest BCUT2D eigenvalue weighted by Gasteiger charge is -2.45. The molecular weight excluding hydrogens is 411 g/mol. The number of carbonyl (C=O) groups excluding carboxylic acids is 3. The van der Waals surface area contributed by atoms with E-state index in [-0.39, 0.29) is 30.1 Å². The molecule has 0 spiro atoms. The van der Waals surface area contributed by atoms with E-state index in [2.05, 4.69) is 29.8 Å². The number of piperidine rings is 1. The summed E-state index contributed by atoms with van der Waals surface area (Å²) in [5, 5.41) is 1.32. The second-order valence-electron chi connectivity index (χ2n) is 6.90. The molecule has 1 amide bonds. The molecule has 0 bridgehead atoms. The lowest BCUT2D eigenvalue weighted by Crippen LogP contribution is -2.47. The highest BCUT2D eigenvalue weighted by Gasteiger charge is 2.40. The maximum Gasteiger partial charge on any atom is 0.373 e. The monoisotopic (exact) mass is 434 g/mol. The smallest absolute Gasteiger partial charge is 0.331 e. The maximum atomic E-state index is 12.9. The molecule has 1 fully saturated rings. The fourth-order valence-corrected chi connectivity index (χ4v) is 4.34. The molecule has 0 saturated carbocycles. The van der Waals surface area contributed by atoms with Crippen LogP contribution in [0.5, 0.6) is 0 Å². The molecule has 3 rings (SSSR count). The minimum absolute atomic E-state index is 0.100. The molecule has 2 atom stereocenters. The van der Waals surface area contributed by atoms with Crippen LogP contribution in [-0.2, 0) is 14.4 Å². The third kappa shape index (κ3) is 5.66. The van der Waals surface area contributed by atoms with Crippen molar-refractivity contribution >= 4 is 35.3 Å². The first-order chi connectivity index (χ1) is 14.0. The van der Waals surface area contributed by atoms with Gasteiger partial charge in [-0.2, -0.15) is 9.59 Å². The predicted octanol–water partition coefficient (Wildman–Crippen LogP) is 5.44. The van der Waals surface area contributed by atoms with Crippen LogP contribution in [-0.4, -0.2) is 28.0 Å². The standard InChI is InChI=1S/C21H24Cl2N2O.CO2/c1-3-17(4-2)25-20(26)11-9-18(14-6-5-7-15(22)12-14)21(25)19-10-8-16(23)13-24-19;2-1-3/h5-8,10,12-13,17-18,21H,3-4,9,11H2,1-2H3;/t18-,21+;/m1./s1. The fourth-order valence-electron chi connectivity index (χ4n) is 4.02. The number of hydrogen-bond donors (Lipinski definition) is 0. The van der Waals surface area contributed by atoms with Gasteiger partial charge in [-0.25, -0.2) is 0 Å². The minimum Gasteiger partial charge on any atom is -0.331 e. The molecule has 0 unspecified atom stereocenters. The molecule has 2 heterocycles. The highest BCUT2D eigenvalue weighted by molar-refractivity contribution is 6.30. The summed E-state index contributed by atoms with van der Waals surface area (Å²) >= 11 is 12.3. The third-order valence-corrected chi connectivity index (χ3v) is 5.76. The zero-order chi connectivity index (χ0) is 21.4. The molecule has 7 heteroatoms. The Morgan fingerprint density at radius 3 is 2.38 bits per heavy atom. The normalized spacial score (nSPS) is 18.8. The molecule has 5 nitrogen and oxygen atoms in total. The van der Waals surface area contributed by atoms with Crippen molar-refractivity contribution in [2.75, 3.05) is 0 Å². The summed E-state index contributed by atoms with van der Waals surface area (Å²) in [6.07, 6.45) is 5.11. The van der Waals surface area contributed by atoms with Crippen LogP contribution >= 0.6 is 23.2 Å². The highest BCUT2D eigenvalue weighted by Crippen LogP contribution is 2.44. The quantitative estimate of drug-likeness (QED) is 0.627. The zero-order valence-electron chi connectivity index (χ0n) is 16.5. The Bertz CT molecular complexity index is 847. The van der Waals surface area contributed by atoms with Crippen LogP contribution in [0.3, 0.4) is 0 Å². The second kappa shape index (κ2) is 11.1. The first-order valence-electron chi connectivity index (χ1n) is 9.64. The van der Waals surface area contributed by atoms with E-state index < -0.39 is 0 Å². The van der Waals surface area contributed by atoms with E-state index in [0.29, 0.717) is 11.4 Å². The summed E-state index contributed by atoms with van der Waals surface area (Å²) in [7, 11) is 0. The number of aromatic nitrogens is 1. The van der Waals surface area contributed by atoms with Crippen molar-refractivity contribution in [2.24, 2.45) is 0 Å². The number of halogens is 2. The Balaban J connectivity index is 0.000000941. The molecule has 0 N–H and O–H groups in total. The second-order valence-corrected chi connectivity index (χ2v) is 7.77. The van der Waals surface area contributed by atoms with Gasteiger partial charge in [0.2, 0.25) is 5.91 Å². The SMILES string of the molecule is CCC(CC)N1C(=O)CC[C@H](c2cccc(Cl)c2)[C@H]1c1ccc(Cl)cn1.O=C=O. The van der Waals surface area contributed by atoms with Crippen LogP contribution in [0.1, 0.15) is 62.7 Å². The maximum absolute atomic E-state index is 12.9. The average molecular weight is 435 g/mol. The van der Waals surface area contributed by atoms with Gasteiger partial charge in [-0.3, -0.25) is 9.78 Å². The molecule has 29 heavy (non-hydrogen) atoms. The summed E-state index contributed by atoms with van der Waals surface area (Å²) < 4.78 is 0. The summed E-state index contributed by atoms with van der Waals surface area (Å²) in [6, 6.07) is 11.9. The van der Waals surface area contributed by atoms with Gasteiger partial charge in [-0.15, -0.1) is 0 Å². The lowest BCUT2D eigenvalue weighted by molar-refractivity contribution is -0.191. The van der Waals surface area contributed by atoms with Crippen LogP contribution in [0, 0.1) is 0 Å². The van der Waals surface area contributed by atoms with Gasteiger partial charge in [0.15, 0.2) is 0 Å². The number of benzene rings is 1. The van der Waals surface area contributed by atoms with E-state index in [1.165, 1.54) is 0 Å². The molecule has 1 saturated heterocycles. The van der Waals surface area contributed by atoms with Gasteiger partial charge in [-0.1, -0.05) is 49.2 Å². The van der Waals surface area contributed by atoms with Gasteiger partial charge < -0.3 is 4.90 Å². The molecule has 0 radical (unpaired) electrons. The van der Waals surface area contributed by atoms with E-state index in [0.717, 1.165) is 35.5 Å². The molecule has 2 aromatic rings. The molecule has 154 valence electrons. The Morgan fingerprint density at radius 2 is 1.83 bits per heavy atom. The van der Waals surface area contributed by atoms with Crippen LogP contribution in [0.25, 0.3) is 0 Å². The van der Waals surface area contributed by atoms with Crippen LogP contribution < -0.4 is 0 Å². The Hall–Kier alpha value is -2.20. The highest BCUT2D eigenvalue weighted by atomic mass is 35.5. The van der Waals surface area contributed by atoms with E-state index in [1.54, 1.807) is 6.20 Å². The zero-order valence-corrected chi connectivity index (χ0v) is 18.0. The van der Waals surface area contributed by atoms with Crippen molar-refractivity contribution in [1.82, 2.24) is 9.88 Å². The Morgan fingerprint density at radius 1 is 1.14 bits per heavy atom. The summed E-state index contributed by atoms with van der Waals surface area (Å²) in [6.45, 7) is 4.27. The van der Waals surface area contributed by atoms with Crippen molar-refractivity contribution in [2.45, 2.75) is 57.5 Å². The summed E-state index contributed by atoms with van der Waals surface area (Å²) in [4.78, 5) is 35.8. The van der Waals surface area contributed by atoms with E-state index >= 15 is 0 Å². The van der Waals surface area contributed by atoms with Gasteiger partial charge in [0, 0.05) is 29.6 Å². The number of amides is 1. The number of hydrogen-bond acceptors (Lipinski definition) is 4. The van der Waals surface area contributed by atoms with Gasteiger partial charge in [0.25, 0.3) is 0 Å². The Labute approximate surface area is 181 Å². The number of likely N-dealkylation sites (tertiary alicyclic amines) is 1. The topological polar surface area (TPSA) is 67.3 Å². The lowest BCUT2D eigenvalue weighted by atomic mass is 9.80. The summed E-state index contributed by atoms with van der Waals surface area (Å²) in [5.74, 6) is 0.374.